The fourth-order valence-electron chi connectivity index (χ4n) is 3.33. The molecule has 0 spiro atoms. The maximum atomic E-state index is 12.9. The number of carbonyl (C=O) groups is 1. The highest BCUT2D eigenvalue weighted by molar-refractivity contribution is 5.95. The van der Waals surface area contributed by atoms with Crippen LogP contribution < -0.4 is 11.2 Å². The summed E-state index contributed by atoms with van der Waals surface area (Å²) in [5, 5.41) is 0. The van der Waals surface area contributed by atoms with Crippen LogP contribution in [0.5, 0.6) is 0 Å². The zero-order valence-electron chi connectivity index (χ0n) is 14.8. The molecular formula is C19H18N2O6. The molecule has 2 saturated heterocycles. The Balaban J connectivity index is 1.78. The SMILES string of the molecule is C=C1O[C@@H](n2ccc(=O)n(C(=O)c3ccccc3)c2=O)[C@@H]2OC(C)(C)O[C@H]12. The van der Waals surface area contributed by atoms with Crippen molar-refractivity contribution in [2.45, 2.75) is 38.1 Å². The monoisotopic (exact) mass is 370 g/mol. The number of carbonyl (C=O) groups excluding carboxylic acids is 1. The van der Waals surface area contributed by atoms with E-state index in [1.165, 1.54) is 18.3 Å². The van der Waals surface area contributed by atoms with Crippen molar-refractivity contribution in [3.05, 3.63) is 81.3 Å². The van der Waals surface area contributed by atoms with Gasteiger partial charge in [-0.1, -0.05) is 24.8 Å². The lowest BCUT2D eigenvalue weighted by molar-refractivity contribution is -0.174. The van der Waals surface area contributed by atoms with Gasteiger partial charge in [0.25, 0.3) is 11.5 Å². The Morgan fingerprint density at radius 3 is 2.52 bits per heavy atom. The summed E-state index contributed by atoms with van der Waals surface area (Å²) < 4.78 is 19.0. The molecule has 0 aliphatic carbocycles. The fraction of sp³-hybridized carbons (Fsp3) is 0.316. The van der Waals surface area contributed by atoms with Gasteiger partial charge >= 0.3 is 5.69 Å². The number of rotatable bonds is 2. The summed E-state index contributed by atoms with van der Waals surface area (Å²) in [6.45, 7) is 7.31. The van der Waals surface area contributed by atoms with E-state index in [1.54, 1.807) is 32.0 Å². The molecule has 27 heavy (non-hydrogen) atoms. The summed E-state index contributed by atoms with van der Waals surface area (Å²) in [5.74, 6) is -1.25. The quantitative estimate of drug-likeness (QED) is 0.791. The topological polar surface area (TPSA) is 88.8 Å². The average molecular weight is 370 g/mol. The van der Waals surface area contributed by atoms with Crippen LogP contribution in [0.4, 0.5) is 0 Å². The lowest BCUT2D eigenvalue weighted by Crippen LogP contribution is -2.46. The molecule has 4 rings (SSSR count). The van der Waals surface area contributed by atoms with Crippen molar-refractivity contribution in [2.75, 3.05) is 0 Å². The summed E-state index contributed by atoms with van der Waals surface area (Å²) in [6, 6.07) is 9.25. The number of hydrogen-bond acceptors (Lipinski definition) is 6. The van der Waals surface area contributed by atoms with Gasteiger partial charge in [0.2, 0.25) is 6.23 Å². The van der Waals surface area contributed by atoms with Gasteiger partial charge in [-0.3, -0.25) is 14.2 Å². The van der Waals surface area contributed by atoms with Crippen molar-refractivity contribution in [2.24, 2.45) is 0 Å². The first-order valence-electron chi connectivity index (χ1n) is 8.43. The van der Waals surface area contributed by atoms with Crippen LogP contribution >= 0.6 is 0 Å². The van der Waals surface area contributed by atoms with Gasteiger partial charge in [0.05, 0.1) is 0 Å². The largest absolute Gasteiger partial charge is 0.469 e. The Kier molecular flexibility index (Phi) is 3.90. The molecule has 0 bridgehead atoms. The molecule has 0 unspecified atom stereocenters. The van der Waals surface area contributed by atoms with E-state index < -0.39 is 41.4 Å². The number of benzene rings is 1. The molecule has 0 saturated carbocycles. The second kappa shape index (κ2) is 6.04. The summed E-state index contributed by atoms with van der Waals surface area (Å²) in [6.07, 6.45) is -0.772. The van der Waals surface area contributed by atoms with Gasteiger partial charge in [0, 0.05) is 17.8 Å². The van der Waals surface area contributed by atoms with E-state index in [0.29, 0.717) is 10.3 Å². The molecule has 2 aliphatic rings. The van der Waals surface area contributed by atoms with E-state index in [1.807, 2.05) is 0 Å². The van der Waals surface area contributed by atoms with Gasteiger partial charge in [0.15, 0.2) is 11.9 Å². The summed E-state index contributed by atoms with van der Waals surface area (Å²) >= 11 is 0. The number of fused-ring (bicyclic) bond motifs is 1. The lowest BCUT2D eigenvalue weighted by atomic mass is 10.2. The standard InChI is InChI=1S/C19H18N2O6/c1-11-14-15(27-19(2,3)26-14)17(25-11)20-10-9-13(22)21(18(20)24)16(23)12-7-5-4-6-8-12/h4-10,14-15,17H,1H2,2-3H3/t14-,15-,17-/m1/s1. The molecule has 1 aromatic carbocycles. The summed E-state index contributed by atoms with van der Waals surface area (Å²) in [7, 11) is 0. The maximum absolute atomic E-state index is 12.9. The van der Waals surface area contributed by atoms with Crippen LogP contribution in [-0.4, -0.2) is 33.0 Å². The minimum Gasteiger partial charge on any atom is -0.469 e. The van der Waals surface area contributed by atoms with E-state index >= 15 is 0 Å². The van der Waals surface area contributed by atoms with Gasteiger partial charge in [-0.2, -0.15) is 4.57 Å². The number of ether oxygens (including phenoxy) is 3. The summed E-state index contributed by atoms with van der Waals surface area (Å²) in [5.41, 5.74) is -1.31. The van der Waals surface area contributed by atoms with Crippen LogP contribution in [-0.2, 0) is 14.2 Å². The van der Waals surface area contributed by atoms with Gasteiger partial charge in [0.1, 0.15) is 11.9 Å². The first-order chi connectivity index (χ1) is 12.8. The molecule has 0 N–H and O–H groups in total. The van der Waals surface area contributed by atoms with E-state index in [2.05, 4.69) is 6.58 Å². The van der Waals surface area contributed by atoms with Crippen LogP contribution in [0.2, 0.25) is 0 Å². The van der Waals surface area contributed by atoms with Crippen LogP contribution in [0.3, 0.4) is 0 Å². The molecule has 3 atom stereocenters. The Morgan fingerprint density at radius 2 is 1.81 bits per heavy atom. The second-order valence-corrected chi connectivity index (χ2v) is 6.85. The van der Waals surface area contributed by atoms with Crippen molar-refractivity contribution in [1.29, 1.82) is 0 Å². The lowest BCUT2D eigenvalue weighted by Gasteiger charge is -2.23. The first-order valence-corrected chi connectivity index (χ1v) is 8.43. The number of hydrogen-bond donors (Lipinski definition) is 0. The van der Waals surface area contributed by atoms with Crippen LogP contribution in [0.15, 0.2) is 64.5 Å². The first kappa shape index (κ1) is 17.4. The predicted molar refractivity (Wildman–Crippen MR) is 94.2 cm³/mol. The molecule has 8 nitrogen and oxygen atoms in total. The third-order valence-corrected chi connectivity index (χ3v) is 4.51. The van der Waals surface area contributed by atoms with Crippen molar-refractivity contribution < 1.29 is 19.0 Å². The van der Waals surface area contributed by atoms with E-state index in [-0.39, 0.29) is 5.56 Å². The van der Waals surface area contributed by atoms with E-state index in [0.717, 1.165) is 10.6 Å². The van der Waals surface area contributed by atoms with Crippen molar-refractivity contribution in [3.8, 4) is 0 Å². The highest BCUT2D eigenvalue weighted by Crippen LogP contribution is 2.43. The second-order valence-electron chi connectivity index (χ2n) is 6.85. The molecule has 0 amide bonds. The van der Waals surface area contributed by atoms with Crippen LogP contribution in [0, 0.1) is 0 Å². The molecule has 3 heterocycles. The molecule has 140 valence electrons. The van der Waals surface area contributed by atoms with Crippen LogP contribution in [0.25, 0.3) is 0 Å². The molecule has 8 heteroatoms. The average Bonchev–Trinajstić information content (AvgIpc) is 3.10. The Bertz CT molecular complexity index is 1040. The van der Waals surface area contributed by atoms with Crippen molar-refractivity contribution >= 4 is 5.91 Å². The van der Waals surface area contributed by atoms with Crippen LogP contribution in [0.1, 0.15) is 30.4 Å². The molecule has 2 fully saturated rings. The zero-order valence-corrected chi connectivity index (χ0v) is 14.8. The third kappa shape index (κ3) is 2.83. The maximum Gasteiger partial charge on any atom is 0.341 e. The Hall–Kier alpha value is -2.97. The van der Waals surface area contributed by atoms with Gasteiger partial charge < -0.3 is 14.2 Å². The van der Waals surface area contributed by atoms with Crippen molar-refractivity contribution in [3.63, 3.8) is 0 Å². The Labute approximate surface area is 154 Å². The van der Waals surface area contributed by atoms with Gasteiger partial charge in [-0.15, -0.1) is 0 Å². The molecular weight excluding hydrogens is 352 g/mol. The highest BCUT2D eigenvalue weighted by Gasteiger charge is 2.54. The minimum atomic E-state index is -0.896. The molecule has 0 radical (unpaired) electrons. The fourth-order valence-corrected chi connectivity index (χ4v) is 3.33. The van der Waals surface area contributed by atoms with E-state index in [4.69, 9.17) is 14.2 Å². The normalized spacial score (nSPS) is 25.9. The molecule has 2 aliphatic heterocycles. The molecule has 2 aromatic rings. The zero-order chi connectivity index (χ0) is 19.3. The third-order valence-electron chi connectivity index (χ3n) is 4.51. The highest BCUT2D eigenvalue weighted by atomic mass is 16.8. The summed E-state index contributed by atoms with van der Waals surface area (Å²) in [4.78, 5) is 37.9. The Morgan fingerprint density at radius 1 is 1.11 bits per heavy atom. The van der Waals surface area contributed by atoms with Gasteiger partial charge in [-0.05, 0) is 26.0 Å². The molecule has 1 aromatic heterocycles. The van der Waals surface area contributed by atoms with Gasteiger partial charge in [-0.25, -0.2) is 4.79 Å². The van der Waals surface area contributed by atoms with E-state index in [9.17, 15) is 14.4 Å². The smallest absolute Gasteiger partial charge is 0.341 e. The van der Waals surface area contributed by atoms with Crippen molar-refractivity contribution in [1.82, 2.24) is 9.13 Å². The number of aromatic nitrogens is 2. The minimum absolute atomic E-state index is 0.227. The predicted octanol–water partition coefficient (Wildman–Crippen LogP) is 1.26. The number of nitrogens with zero attached hydrogens (tertiary/aromatic N) is 2.